The Balaban J connectivity index is 0. The monoisotopic (exact) mass is 370 g/mol. The maximum Gasteiger partial charge on any atom is 0.303 e. The normalized spacial score (nSPS) is 10.4. The first kappa shape index (κ1) is 27.7. The van der Waals surface area contributed by atoms with Gasteiger partial charge >= 0.3 is 5.97 Å². The van der Waals surface area contributed by atoms with Gasteiger partial charge in [0, 0.05) is 6.42 Å². The van der Waals surface area contributed by atoms with Crippen LogP contribution in [0.1, 0.15) is 149 Å². The van der Waals surface area contributed by atoms with Crippen LogP contribution >= 0.6 is 0 Å². The Labute approximate surface area is 165 Å². The molecule has 0 aromatic carbocycles. The zero-order valence-corrected chi connectivity index (χ0v) is 18.5. The van der Waals surface area contributed by atoms with Crippen molar-refractivity contribution < 1.29 is 9.90 Å². The molecule has 0 saturated carbocycles. The molecule has 0 aromatic heterocycles. The second-order valence-electron chi connectivity index (χ2n) is 7.76. The van der Waals surface area contributed by atoms with E-state index in [2.05, 4.69) is 13.8 Å². The SMILES string of the molecule is CCC(=O)O.CCCCCCCCCCCCCCCCCCCCC. The fourth-order valence-corrected chi connectivity index (χ4v) is 3.15. The molecule has 0 amide bonds. The Kier molecular flexibility index (Phi) is 28.4. The van der Waals surface area contributed by atoms with Gasteiger partial charge in [-0.15, -0.1) is 0 Å². The standard InChI is InChI=1S/C21H44.C3H6O2/c1-3-5-7-9-11-13-15-17-19-21-20-18-16-14-12-10-8-6-4-2;1-2-3(4)5/h3-21H2,1-2H3;2H2,1H3,(H,4,5). The van der Waals surface area contributed by atoms with E-state index < -0.39 is 5.97 Å². The summed E-state index contributed by atoms with van der Waals surface area (Å²) in [4.78, 5) is 9.37. The predicted octanol–water partition coefficient (Wildman–Crippen LogP) is 8.92. The van der Waals surface area contributed by atoms with Gasteiger partial charge in [-0.05, 0) is 0 Å². The molecule has 0 saturated heterocycles. The molecule has 0 aliphatic rings. The van der Waals surface area contributed by atoms with E-state index in [-0.39, 0.29) is 6.42 Å². The highest BCUT2D eigenvalue weighted by molar-refractivity contribution is 5.66. The van der Waals surface area contributed by atoms with Gasteiger partial charge in [-0.25, -0.2) is 0 Å². The van der Waals surface area contributed by atoms with Gasteiger partial charge in [0.1, 0.15) is 0 Å². The third kappa shape index (κ3) is 31.3. The molecule has 158 valence electrons. The van der Waals surface area contributed by atoms with Crippen LogP contribution in [0.25, 0.3) is 0 Å². The van der Waals surface area contributed by atoms with Crippen molar-refractivity contribution in [2.45, 2.75) is 149 Å². The number of carbonyl (C=O) groups is 1. The maximum atomic E-state index is 9.37. The van der Waals surface area contributed by atoms with Crippen LogP contribution in [0.5, 0.6) is 0 Å². The maximum absolute atomic E-state index is 9.37. The lowest BCUT2D eigenvalue weighted by Gasteiger charge is -2.03. The minimum Gasteiger partial charge on any atom is -0.481 e. The van der Waals surface area contributed by atoms with Crippen LogP contribution in [0.2, 0.25) is 0 Å². The fourth-order valence-electron chi connectivity index (χ4n) is 3.15. The lowest BCUT2D eigenvalue weighted by molar-refractivity contribution is -0.136. The summed E-state index contributed by atoms with van der Waals surface area (Å²) < 4.78 is 0. The minimum absolute atomic E-state index is 0.222. The summed E-state index contributed by atoms with van der Waals surface area (Å²) >= 11 is 0. The number of unbranched alkanes of at least 4 members (excludes halogenated alkanes) is 18. The summed E-state index contributed by atoms with van der Waals surface area (Å²) in [6, 6.07) is 0. The highest BCUT2D eigenvalue weighted by Gasteiger charge is 1.94. The van der Waals surface area contributed by atoms with Gasteiger partial charge in [0.15, 0.2) is 0 Å². The minimum atomic E-state index is -0.745. The van der Waals surface area contributed by atoms with Gasteiger partial charge in [0.25, 0.3) is 0 Å². The lowest BCUT2D eigenvalue weighted by atomic mass is 10.0. The summed E-state index contributed by atoms with van der Waals surface area (Å²) in [5, 5.41) is 7.72. The van der Waals surface area contributed by atoms with Crippen LogP contribution in [0.3, 0.4) is 0 Å². The molecule has 0 bridgehead atoms. The zero-order chi connectivity index (χ0) is 19.7. The van der Waals surface area contributed by atoms with Crippen molar-refractivity contribution >= 4 is 5.97 Å². The molecule has 1 N–H and O–H groups in total. The first-order valence-electron chi connectivity index (χ1n) is 11.9. The van der Waals surface area contributed by atoms with E-state index in [1.54, 1.807) is 6.92 Å². The number of rotatable bonds is 19. The van der Waals surface area contributed by atoms with E-state index >= 15 is 0 Å². The summed E-state index contributed by atoms with van der Waals surface area (Å²) in [5.41, 5.74) is 0. The molecular weight excluding hydrogens is 320 g/mol. The molecule has 0 aliphatic carbocycles. The van der Waals surface area contributed by atoms with E-state index in [9.17, 15) is 4.79 Å². The average Bonchev–Trinajstić information content (AvgIpc) is 2.64. The Morgan fingerprint density at radius 1 is 0.462 bits per heavy atom. The molecule has 0 aliphatic heterocycles. The van der Waals surface area contributed by atoms with E-state index in [1.807, 2.05) is 0 Å². The number of aliphatic carboxylic acids is 1. The zero-order valence-electron chi connectivity index (χ0n) is 18.5. The second kappa shape index (κ2) is 26.7. The summed E-state index contributed by atoms with van der Waals surface area (Å²) in [7, 11) is 0. The van der Waals surface area contributed by atoms with Crippen LogP contribution in [0.15, 0.2) is 0 Å². The van der Waals surface area contributed by atoms with Gasteiger partial charge in [-0.3, -0.25) is 4.79 Å². The third-order valence-electron chi connectivity index (χ3n) is 5.01. The topological polar surface area (TPSA) is 37.3 Å². The van der Waals surface area contributed by atoms with Crippen molar-refractivity contribution in [3.63, 3.8) is 0 Å². The van der Waals surface area contributed by atoms with Crippen LogP contribution < -0.4 is 0 Å². The first-order valence-corrected chi connectivity index (χ1v) is 11.9. The Morgan fingerprint density at radius 3 is 0.731 bits per heavy atom. The van der Waals surface area contributed by atoms with Crippen molar-refractivity contribution in [2.24, 2.45) is 0 Å². The van der Waals surface area contributed by atoms with Crippen molar-refractivity contribution in [2.75, 3.05) is 0 Å². The van der Waals surface area contributed by atoms with Crippen molar-refractivity contribution in [1.82, 2.24) is 0 Å². The quantitative estimate of drug-likeness (QED) is 0.230. The predicted molar refractivity (Wildman–Crippen MR) is 117 cm³/mol. The Bertz CT molecular complexity index is 233. The molecule has 2 heteroatoms. The van der Waals surface area contributed by atoms with Crippen LogP contribution in [0.4, 0.5) is 0 Å². The Hall–Kier alpha value is -0.530. The molecule has 0 spiro atoms. The van der Waals surface area contributed by atoms with E-state index in [0.29, 0.717) is 0 Å². The molecule has 26 heavy (non-hydrogen) atoms. The van der Waals surface area contributed by atoms with E-state index in [1.165, 1.54) is 122 Å². The molecular formula is C24H50O2. The van der Waals surface area contributed by atoms with Gasteiger partial charge in [-0.2, -0.15) is 0 Å². The van der Waals surface area contributed by atoms with Gasteiger partial charge in [0.05, 0.1) is 0 Å². The highest BCUT2D eigenvalue weighted by atomic mass is 16.4. The summed E-state index contributed by atoms with van der Waals surface area (Å²) in [6.45, 7) is 6.20. The largest absolute Gasteiger partial charge is 0.481 e. The molecule has 0 fully saturated rings. The van der Waals surface area contributed by atoms with Crippen molar-refractivity contribution in [3.8, 4) is 0 Å². The van der Waals surface area contributed by atoms with Gasteiger partial charge in [-0.1, -0.05) is 143 Å². The molecule has 0 rings (SSSR count). The lowest BCUT2D eigenvalue weighted by Crippen LogP contribution is -1.86. The smallest absolute Gasteiger partial charge is 0.303 e. The first-order chi connectivity index (χ1) is 12.7. The second-order valence-corrected chi connectivity index (χ2v) is 7.76. The van der Waals surface area contributed by atoms with Crippen LogP contribution in [-0.4, -0.2) is 11.1 Å². The van der Waals surface area contributed by atoms with Crippen molar-refractivity contribution in [1.29, 1.82) is 0 Å². The molecule has 0 heterocycles. The molecule has 0 atom stereocenters. The average molecular weight is 371 g/mol. The van der Waals surface area contributed by atoms with E-state index in [0.717, 1.165) is 0 Å². The number of hydrogen-bond donors (Lipinski definition) is 1. The Morgan fingerprint density at radius 2 is 0.615 bits per heavy atom. The summed E-state index contributed by atoms with van der Waals surface area (Å²) in [5.74, 6) is -0.745. The molecule has 2 nitrogen and oxygen atoms in total. The van der Waals surface area contributed by atoms with Crippen molar-refractivity contribution in [3.05, 3.63) is 0 Å². The van der Waals surface area contributed by atoms with Crippen LogP contribution in [-0.2, 0) is 4.79 Å². The number of carboxylic acid groups (broad SMARTS) is 1. The van der Waals surface area contributed by atoms with Crippen LogP contribution in [0, 0.1) is 0 Å². The molecule has 0 aromatic rings. The fraction of sp³-hybridized carbons (Fsp3) is 0.958. The van der Waals surface area contributed by atoms with Gasteiger partial charge in [0.2, 0.25) is 0 Å². The number of carboxylic acids is 1. The molecule has 0 radical (unpaired) electrons. The number of hydrogen-bond acceptors (Lipinski definition) is 1. The van der Waals surface area contributed by atoms with Gasteiger partial charge < -0.3 is 5.11 Å². The highest BCUT2D eigenvalue weighted by Crippen LogP contribution is 2.14. The summed E-state index contributed by atoms with van der Waals surface area (Å²) in [6.07, 6.45) is 28.1. The van der Waals surface area contributed by atoms with E-state index in [4.69, 9.17) is 5.11 Å². The third-order valence-corrected chi connectivity index (χ3v) is 5.01. The molecule has 0 unspecified atom stereocenters.